The minimum absolute atomic E-state index is 0.429. The zero-order valence-corrected chi connectivity index (χ0v) is 12.6. The van der Waals surface area contributed by atoms with E-state index in [1.807, 2.05) is 47.1 Å². The minimum Gasteiger partial charge on any atom is -0.497 e. The Kier molecular flexibility index (Phi) is 4.21. The van der Waals surface area contributed by atoms with Crippen molar-refractivity contribution in [3.8, 4) is 11.4 Å². The third-order valence-electron chi connectivity index (χ3n) is 3.57. The van der Waals surface area contributed by atoms with Crippen molar-refractivity contribution in [2.45, 2.75) is 13.0 Å². The van der Waals surface area contributed by atoms with Gasteiger partial charge in [-0.3, -0.25) is 0 Å². The number of hydrogen-bond donors (Lipinski definition) is 1. The Morgan fingerprint density at radius 3 is 2.59 bits per heavy atom. The molecule has 3 aromatic rings. The molecule has 0 bridgehead atoms. The van der Waals surface area contributed by atoms with Crippen LogP contribution in [-0.2, 0) is 13.0 Å². The predicted octanol–water partition coefficient (Wildman–Crippen LogP) is 2.93. The van der Waals surface area contributed by atoms with Crippen LogP contribution >= 0.6 is 0 Å². The van der Waals surface area contributed by atoms with Gasteiger partial charge in [-0.05, 0) is 23.8 Å². The number of ether oxygens (including phenoxy) is 1. The molecule has 2 N–H and O–H groups in total. The van der Waals surface area contributed by atoms with Crippen molar-refractivity contribution < 1.29 is 4.74 Å². The highest BCUT2D eigenvalue weighted by Gasteiger charge is 2.10. The summed E-state index contributed by atoms with van der Waals surface area (Å²) in [6, 6.07) is 20.3. The highest BCUT2D eigenvalue weighted by atomic mass is 16.5. The summed E-state index contributed by atoms with van der Waals surface area (Å²) in [6.45, 7) is 0.429. The van der Waals surface area contributed by atoms with E-state index >= 15 is 0 Å². The van der Waals surface area contributed by atoms with Crippen LogP contribution in [0.15, 0.2) is 60.7 Å². The van der Waals surface area contributed by atoms with Crippen molar-refractivity contribution in [3.05, 3.63) is 77.6 Å². The summed E-state index contributed by atoms with van der Waals surface area (Å²) in [4.78, 5) is 0. The van der Waals surface area contributed by atoms with Gasteiger partial charge in [0.25, 0.3) is 0 Å². The normalized spacial score (nSPS) is 10.6. The summed E-state index contributed by atoms with van der Waals surface area (Å²) in [6.07, 6.45) is 0.811. The minimum atomic E-state index is 0.429. The zero-order valence-electron chi connectivity index (χ0n) is 12.6. The Morgan fingerprint density at radius 1 is 1.05 bits per heavy atom. The van der Waals surface area contributed by atoms with Gasteiger partial charge in [0.2, 0.25) is 0 Å². The molecule has 112 valence electrons. The van der Waals surface area contributed by atoms with Gasteiger partial charge in [0.1, 0.15) is 5.75 Å². The average molecular weight is 293 g/mol. The fourth-order valence-corrected chi connectivity index (χ4v) is 2.47. The molecular weight excluding hydrogens is 274 g/mol. The second-order valence-electron chi connectivity index (χ2n) is 5.11. The quantitative estimate of drug-likeness (QED) is 0.787. The highest BCUT2D eigenvalue weighted by Crippen LogP contribution is 2.20. The van der Waals surface area contributed by atoms with E-state index in [2.05, 4.69) is 23.3 Å². The average Bonchev–Trinajstić information content (AvgIpc) is 2.99. The lowest BCUT2D eigenvalue weighted by atomic mass is 10.1. The van der Waals surface area contributed by atoms with Crippen LogP contribution in [-0.4, -0.2) is 16.9 Å². The fraction of sp³-hybridized carbons (Fsp3) is 0.167. The van der Waals surface area contributed by atoms with Crippen LogP contribution in [0.5, 0.6) is 5.75 Å². The van der Waals surface area contributed by atoms with Gasteiger partial charge in [-0.15, -0.1) is 0 Å². The largest absolute Gasteiger partial charge is 0.497 e. The van der Waals surface area contributed by atoms with Crippen LogP contribution < -0.4 is 10.5 Å². The Hall–Kier alpha value is -2.59. The molecule has 1 aromatic heterocycles. The molecule has 0 aliphatic rings. The summed E-state index contributed by atoms with van der Waals surface area (Å²) in [7, 11) is 1.67. The van der Waals surface area contributed by atoms with Crippen LogP contribution in [0.4, 0.5) is 0 Å². The molecule has 3 rings (SSSR count). The van der Waals surface area contributed by atoms with Crippen LogP contribution in [0.25, 0.3) is 5.69 Å². The second kappa shape index (κ2) is 6.45. The maximum atomic E-state index is 5.76. The van der Waals surface area contributed by atoms with E-state index in [1.165, 1.54) is 5.56 Å². The molecule has 0 atom stereocenters. The summed E-state index contributed by atoms with van der Waals surface area (Å²) in [5.74, 6) is 0.813. The van der Waals surface area contributed by atoms with Crippen molar-refractivity contribution in [1.29, 1.82) is 0 Å². The maximum absolute atomic E-state index is 5.76. The van der Waals surface area contributed by atoms with Crippen molar-refractivity contribution in [2.24, 2.45) is 5.73 Å². The van der Waals surface area contributed by atoms with Crippen molar-refractivity contribution in [3.63, 3.8) is 0 Å². The van der Waals surface area contributed by atoms with Crippen LogP contribution in [0.3, 0.4) is 0 Å². The topological polar surface area (TPSA) is 53.1 Å². The molecule has 22 heavy (non-hydrogen) atoms. The number of aromatic nitrogens is 2. The van der Waals surface area contributed by atoms with Gasteiger partial charge in [-0.1, -0.05) is 36.4 Å². The van der Waals surface area contributed by atoms with E-state index < -0.39 is 0 Å². The SMILES string of the molecule is COc1cccc(-n2nc(CN)cc2Cc2ccccc2)c1. The monoisotopic (exact) mass is 293 g/mol. The number of methoxy groups -OCH3 is 1. The first-order chi connectivity index (χ1) is 10.8. The zero-order chi connectivity index (χ0) is 15.4. The van der Waals surface area contributed by atoms with Crippen LogP contribution in [0.2, 0.25) is 0 Å². The smallest absolute Gasteiger partial charge is 0.121 e. The van der Waals surface area contributed by atoms with Gasteiger partial charge in [-0.2, -0.15) is 5.10 Å². The number of nitrogens with two attached hydrogens (primary N) is 1. The number of benzene rings is 2. The molecule has 1 heterocycles. The highest BCUT2D eigenvalue weighted by molar-refractivity contribution is 5.41. The van der Waals surface area contributed by atoms with E-state index in [0.717, 1.165) is 29.2 Å². The Morgan fingerprint density at radius 2 is 1.86 bits per heavy atom. The van der Waals surface area contributed by atoms with Gasteiger partial charge in [0.15, 0.2) is 0 Å². The summed E-state index contributed by atoms with van der Waals surface area (Å²) in [5, 5.41) is 4.61. The van der Waals surface area contributed by atoms with Crippen molar-refractivity contribution in [1.82, 2.24) is 9.78 Å². The van der Waals surface area contributed by atoms with E-state index in [1.54, 1.807) is 7.11 Å². The van der Waals surface area contributed by atoms with E-state index in [9.17, 15) is 0 Å². The number of hydrogen-bond acceptors (Lipinski definition) is 3. The fourth-order valence-electron chi connectivity index (χ4n) is 2.47. The molecule has 4 nitrogen and oxygen atoms in total. The lowest BCUT2D eigenvalue weighted by molar-refractivity contribution is 0.414. The van der Waals surface area contributed by atoms with E-state index in [0.29, 0.717) is 6.54 Å². The van der Waals surface area contributed by atoms with E-state index in [4.69, 9.17) is 10.5 Å². The first kappa shape index (κ1) is 14.4. The summed E-state index contributed by atoms with van der Waals surface area (Å²) >= 11 is 0. The summed E-state index contributed by atoms with van der Waals surface area (Å²) < 4.78 is 7.24. The molecule has 0 unspecified atom stereocenters. The molecule has 0 amide bonds. The van der Waals surface area contributed by atoms with Crippen LogP contribution in [0.1, 0.15) is 17.0 Å². The second-order valence-corrected chi connectivity index (χ2v) is 5.11. The standard InChI is InChI=1S/C18H19N3O/c1-22-18-9-5-8-16(12-18)21-17(11-15(13-19)20-21)10-14-6-3-2-4-7-14/h2-9,11-12H,10,13,19H2,1H3. The Bertz CT molecular complexity index is 750. The molecule has 0 saturated carbocycles. The van der Waals surface area contributed by atoms with Gasteiger partial charge >= 0.3 is 0 Å². The first-order valence-electron chi connectivity index (χ1n) is 7.26. The molecule has 0 radical (unpaired) electrons. The molecular formula is C18H19N3O. The third kappa shape index (κ3) is 3.02. The Labute approximate surface area is 130 Å². The van der Waals surface area contributed by atoms with Gasteiger partial charge in [-0.25, -0.2) is 4.68 Å². The maximum Gasteiger partial charge on any atom is 0.121 e. The number of rotatable bonds is 5. The third-order valence-corrected chi connectivity index (χ3v) is 3.57. The number of nitrogens with zero attached hydrogens (tertiary/aromatic N) is 2. The molecule has 4 heteroatoms. The molecule has 0 aliphatic carbocycles. The predicted molar refractivity (Wildman–Crippen MR) is 87.3 cm³/mol. The van der Waals surface area contributed by atoms with Gasteiger partial charge in [0.05, 0.1) is 18.5 Å². The van der Waals surface area contributed by atoms with Gasteiger partial charge < -0.3 is 10.5 Å². The molecule has 2 aromatic carbocycles. The van der Waals surface area contributed by atoms with Crippen molar-refractivity contribution >= 4 is 0 Å². The molecule has 0 spiro atoms. The summed E-state index contributed by atoms with van der Waals surface area (Å²) in [5.41, 5.74) is 9.98. The lowest BCUT2D eigenvalue weighted by Gasteiger charge is -2.09. The van der Waals surface area contributed by atoms with Crippen molar-refractivity contribution in [2.75, 3.05) is 7.11 Å². The van der Waals surface area contributed by atoms with Crippen LogP contribution in [0, 0.1) is 0 Å². The Balaban J connectivity index is 2.01. The van der Waals surface area contributed by atoms with Gasteiger partial charge in [0, 0.05) is 24.7 Å². The molecule has 0 fully saturated rings. The molecule has 0 saturated heterocycles. The lowest BCUT2D eigenvalue weighted by Crippen LogP contribution is -2.04. The van der Waals surface area contributed by atoms with E-state index in [-0.39, 0.29) is 0 Å². The molecule has 0 aliphatic heterocycles. The first-order valence-corrected chi connectivity index (χ1v) is 7.26.